The van der Waals surface area contributed by atoms with Crippen LogP contribution in [0.3, 0.4) is 0 Å². The first kappa shape index (κ1) is 19.2. The summed E-state index contributed by atoms with van der Waals surface area (Å²) in [6.07, 6.45) is 1.67. The second kappa shape index (κ2) is 8.10. The number of hydrogen-bond acceptors (Lipinski definition) is 3. The molecule has 0 radical (unpaired) electrons. The summed E-state index contributed by atoms with van der Waals surface area (Å²) in [6.45, 7) is 2.57. The fourth-order valence-electron chi connectivity index (χ4n) is 3.49. The minimum atomic E-state index is -0.0486. The highest BCUT2D eigenvalue weighted by atomic mass is 35.5. The highest BCUT2D eigenvalue weighted by molar-refractivity contribution is 6.30. The number of nitrogen functional groups attached to an aromatic ring is 1. The standard InChI is InChI=1S/C24H22ClN3O/c1-2-3-23-27-22-13-12-20(26)14-21(22)24(29)28(23)15-16-4-6-17(7-5-16)18-8-10-19(25)11-9-18/h4-14H,2-3,15,26H2,1H3. The SMILES string of the molecule is CCCc1nc2ccc(N)cc2c(=O)n1Cc1ccc(-c2ccc(Cl)cc2)cc1. The van der Waals surface area contributed by atoms with Crippen molar-refractivity contribution in [2.75, 3.05) is 5.73 Å². The lowest BCUT2D eigenvalue weighted by Crippen LogP contribution is -2.26. The molecule has 2 N–H and O–H groups in total. The summed E-state index contributed by atoms with van der Waals surface area (Å²) in [4.78, 5) is 17.9. The molecule has 0 aliphatic heterocycles. The van der Waals surface area contributed by atoms with E-state index >= 15 is 0 Å². The molecule has 0 fully saturated rings. The molecule has 0 unspecified atom stereocenters. The van der Waals surface area contributed by atoms with Crippen molar-refractivity contribution in [2.24, 2.45) is 0 Å². The smallest absolute Gasteiger partial charge is 0.261 e. The third kappa shape index (κ3) is 4.03. The summed E-state index contributed by atoms with van der Waals surface area (Å²) >= 11 is 5.98. The Bertz CT molecular complexity index is 1210. The number of fused-ring (bicyclic) bond motifs is 1. The number of benzene rings is 3. The van der Waals surface area contributed by atoms with E-state index in [0.29, 0.717) is 23.1 Å². The molecule has 0 bridgehead atoms. The second-order valence-corrected chi connectivity index (χ2v) is 7.59. The van der Waals surface area contributed by atoms with Crippen molar-refractivity contribution in [1.29, 1.82) is 0 Å². The van der Waals surface area contributed by atoms with E-state index in [1.165, 1.54) is 0 Å². The number of aryl methyl sites for hydroxylation is 1. The molecule has 0 aliphatic rings. The van der Waals surface area contributed by atoms with Crippen LogP contribution >= 0.6 is 11.6 Å². The molecule has 4 rings (SSSR count). The Morgan fingerprint density at radius 1 is 0.966 bits per heavy atom. The van der Waals surface area contributed by atoms with Crippen molar-refractivity contribution in [1.82, 2.24) is 9.55 Å². The van der Waals surface area contributed by atoms with Crippen molar-refractivity contribution in [3.8, 4) is 11.1 Å². The average molecular weight is 404 g/mol. The minimum absolute atomic E-state index is 0.0486. The van der Waals surface area contributed by atoms with Crippen molar-refractivity contribution in [3.05, 3.63) is 93.5 Å². The molecule has 4 aromatic rings. The Kier molecular flexibility index (Phi) is 5.36. The molecule has 4 nitrogen and oxygen atoms in total. The molecule has 0 amide bonds. The second-order valence-electron chi connectivity index (χ2n) is 7.15. The van der Waals surface area contributed by atoms with Crippen LogP contribution in [0.4, 0.5) is 5.69 Å². The van der Waals surface area contributed by atoms with Gasteiger partial charge < -0.3 is 5.73 Å². The zero-order valence-corrected chi connectivity index (χ0v) is 17.0. The predicted octanol–water partition coefficient (Wildman–Crippen LogP) is 5.30. The van der Waals surface area contributed by atoms with Gasteiger partial charge in [0.1, 0.15) is 5.82 Å². The van der Waals surface area contributed by atoms with E-state index in [0.717, 1.165) is 40.4 Å². The highest BCUT2D eigenvalue weighted by Crippen LogP contribution is 2.22. The molecule has 29 heavy (non-hydrogen) atoms. The molecular formula is C24H22ClN3O. The van der Waals surface area contributed by atoms with E-state index in [2.05, 4.69) is 31.2 Å². The molecule has 0 aliphatic carbocycles. The summed E-state index contributed by atoms with van der Waals surface area (Å²) in [6, 6.07) is 21.3. The van der Waals surface area contributed by atoms with Crippen molar-refractivity contribution in [2.45, 2.75) is 26.3 Å². The van der Waals surface area contributed by atoms with Gasteiger partial charge in [0.2, 0.25) is 0 Å². The molecule has 3 aromatic carbocycles. The van der Waals surface area contributed by atoms with E-state index in [9.17, 15) is 4.79 Å². The van der Waals surface area contributed by atoms with E-state index in [-0.39, 0.29) is 5.56 Å². The van der Waals surface area contributed by atoms with E-state index in [1.807, 2.05) is 30.3 Å². The molecule has 1 aromatic heterocycles. The van der Waals surface area contributed by atoms with Crippen LogP contribution in [0.2, 0.25) is 5.02 Å². The van der Waals surface area contributed by atoms with E-state index < -0.39 is 0 Å². The maximum Gasteiger partial charge on any atom is 0.261 e. The Morgan fingerprint density at radius 2 is 1.62 bits per heavy atom. The van der Waals surface area contributed by atoms with Gasteiger partial charge in [0.25, 0.3) is 5.56 Å². The molecule has 0 saturated carbocycles. The number of anilines is 1. The van der Waals surface area contributed by atoms with Gasteiger partial charge in [-0.15, -0.1) is 0 Å². The molecule has 0 spiro atoms. The van der Waals surface area contributed by atoms with Gasteiger partial charge in [0, 0.05) is 17.1 Å². The molecule has 0 atom stereocenters. The lowest BCUT2D eigenvalue weighted by Gasteiger charge is -2.14. The summed E-state index contributed by atoms with van der Waals surface area (Å²) in [5.41, 5.74) is 10.4. The van der Waals surface area contributed by atoms with Gasteiger partial charge in [-0.1, -0.05) is 54.9 Å². The lowest BCUT2D eigenvalue weighted by atomic mass is 10.0. The zero-order valence-electron chi connectivity index (χ0n) is 16.2. The molecule has 5 heteroatoms. The first-order chi connectivity index (χ1) is 14.0. The van der Waals surface area contributed by atoms with Crippen LogP contribution in [-0.4, -0.2) is 9.55 Å². The number of nitrogens with zero attached hydrogens (tertiary/aromatic N) is 2. The summed E-state index contributed by atoms with van der Waals surface area (Å²) < 4.78 is 1.77. The van der Waals surface area contributed by atoms with Crippen LogP contribution < -0.4 is 11.3 Å². The zero-order chi connectivity index (χ0) is 20.4. The Morgan fingerprint density at radius 3 is 2.28 bits per heavy atom. The molecular weight excluding hydrogens is 382 g/mol. The maximum absolute atomic E-state index is 13.2. The predicted molar refractivity (Wildman–Crippen MR) is 120 cm³/mol. The van der Waals surface area contributed by atoms with Gasteiger partial charge >= 0.3 is 0 Å². The topological polar surface area (TPSA) is 60.9 Å². The quantitative estimate of drug-likeness (QED) is 0.460. The Labute approximate surface area is 174 Å². The largest absolute Gasteiger partial charge is 0.399 e. The van der Waals surface area contributed by atoms with Crippen LogP contribution in [0.15, 0.2) is 71.5 Å². The summed E-state index contributed by atoms with van der Waals surface area (Å²) in [5, 5.41) is 1.28. The normalized spacial score (nSPS) is 11.1. The van der Waals surface area contributed by atoms with Gasteiger partial charge in [-0.2, -0.15) is 0 Å². The molecule has 1 heterocycles. The third-order valence-electron chi connectivity index (χ3n) is 5.00. The van der Waals surface area contributed by atoms with Crippen LogP contribution in [0, 0.1) is 0 Å². The van der Waals surface area contributed by atoms with Crippen LogP contribution in [0.25, 0.3) is 22.0 Å². The van der Waals surface area contributed by atoms with Crippen molar-refractivity contribution in [3.63, 3.8) is 0 Å². The Balaban J connectivity index is 1.71. The molecule has 146 valence electrons. The van der Waals surface area contributed by atoms with Gasteiger partial charge in [0.05, 0.1) is 17.4 Å². The van der Waals surface area contributed by atoms with Crippen LogP contribution in [-0.2, 0) is 13.0 Å². The van der Waals surface area contributed by atoms with Crippen LogP contribution in [0.5, 0.6) is 0 Å². The third-order valence-corrected chi connectivity index (χ3v) is 5.26. The van der Waals surface area contributed by atoms with Crippen molar-refractivity contribution >= 4 is 28.2 Å². The number of nitrogens with two attached hydrogens (primary N) is 1. The fraction of sp³-hybridized carbons (Fsp3) is 0.167. The van der Waals surface area contributed by atoms with Gasteiger partial charge in [-0.25, -0.2) is 4.98 Å². The van der Waals surface area contributed by atoms with Gasteiger partial charge in [-0.3, -0.25) is 9.36 Å². The summed E-state index contributed by atoms with van der Waals surface area (Å²) in [5.74, 6) is 0.802. The first-order valence-electron chi connectivity index (χ1n) is 9.69. The highest BCUT2D eigenvalue weighted by Gasteiger charge is 2.11. The lowest BCUT2D eigenvalue weighted by molar-refractivity contribution is 0.665. The monoisotopic (exact) mass is 403 g/mol. The number of halogens is 1. The number of aromatic nitrogens is 2. The molecule has 0 saturated heterocycles. The average Bonchev–Trinajstić information content (AvgIpc) is 2.73. The first-order valence-corrected chi connectivity index (χ1v) is 10.1. The number of hydrogen-bond donors (Lipinski definition) is 1. The van der Waals surface area contributed by atoms with Crippen LogP contribution in [0.1, 0.15) is 24.7 Å². The number of rotatable bonds is 5. The minimum Gasteiger partial charge on any atom is -0.399 e. The maximum atomic E-state index is 13.2. The van der Waals surface area contributed by atoms with Gasteiger partial charge in [-0.05, 0) is 53.4 Å². The van der Waals surface area contributed by atoms with Crippen molar-refractivity contribution < 1.29 is 0 Å². The Hall–Kier alpha value is -3.11. The van der Waals surface area contributed by atoms with E-state index in [4.69, 9.17) is 22.3 Å². The fourth-order valence-corrected chi connectivity index (χ4v) is 3.62. The van der Waals surface area contributed by atoms with Gasteiger partial charge in [0.15, 0.2) is 0 Å². The van der Waals surface area contributed by atoms with E-state index in [1.54, 1.807) is 16.7 Å². The summed E-state index contributed by atoms with van der Waals surface area (Å²) in [7, 11) is 0.